The van der Waals surface area contributed by atoms with Crippen LogP contribution in [0.4, 0.5) is 5.69 Å². The molecule has 0 fully saturated rings. The molecule has 7 heteroatoms. The second-order valence-electron chi connectivity index (χ2n) is 6.92. The van der Waals surface area contributed by atoms with Crippen molar-refractivity contribution in [2.24, 2.45) is 0 Å². The van der Waals surface area contributed by atoms with Crippen molar-refractivity contribution < 1.29 is 14.3 Å². The topological polar surface area (TPSA) is 74.6 Å². The Morgan fingerprint density at radius 2 is 1.93 bits per heavy atom. The molecule has 0 aromatic heterocycles. The number of methoxy groups -OCH3 is 1. The Kier molecular flexibility index (Phi) is 6.04. The van der Waals surface area contributed by atoms with Gasteiger partial charge in [-0.2, -0.15) is 5.26 Å². The number of benzene rings is 2. The molecule has 1 atom stereocenters. The molecule has 2 aromatic carbocycles. The second-order valence-corrected chi connectivity index (χ2v) is 7.34. The first-order valence-corrected chi connectivity index (χ1v) is 9.65. The molecule has 0 unspecified atom stereocenters. The number of rotatable bonds is 5. The van der Waals surface area contributed by atoms with Crippen molar-refractivity contribution in [2.45, 2.75) is 33.0 Å². The Bertz CT molecular complexity index is 1010. The van der Waals surface area contributed by atoms with Crippen LogP contribution in [0.5, 0.6) is 11.5 Å². The van der Waals surface area contributed by atoms with Gasteiger partial charge in [-0.05, 0) is 50.1 Å². The predicted octanol–water partition coefficient (Wildman–Crippen LogP) is 4.09. The summed E-state index contributed by atoms with van der Waals surface area (Å²) in [6.07, 6.45) is -0.562. The van der Waals surface area contributed by atoms with Crippen molar-refractivity contribution in [1.82, 2.24) is 5.32 Å². The van der Waals surface area contributed by atoms with Crippen molar-refractivity contribution in [1.29, 1.82) is 5.26 Å². The zero-order valence-electron chi connectivity index (χ0n) is 16.8. The molecule has 0 aliphatic carbocycles. The maximum Gasteiger partial charge on any atom is 0.266 e. The number of hydrogen-bond donors (Lipinski definition) is 2. The van der Waals surface area contributed by atoms with E-state index in [0.717, 1.165) is 16.8 Å². The minimum atomic E-state index is -0.560. The molecule has 0 saturated carbocycles. The third-order valence-corrected chi connectivity index (χ3v) is 5.00. The summed E-state index contributed by atoms with van der Waals surface area (Å²) in [4.78, 5) is 14.4. The molecule has 2 aromatic rings. The molecule has 1 heterocycles. The molecule has 3 rings (SSSR count). The van der Waals surface area contributed by atoms with Crippen molar-refractivity contribution in [2.75, 3.05) is 12.0 Å². The van der Waals surface area contributed by atoms with E-state index in [1.54, 1.807) is 7.11 Å². The largest absolute Gasteiger partial charge is 0.493 e. The van der Waals surface area contributed by atoms with Crippen LogP contribution in [0.1, 0.15) is 31.1 Å². The first kappa shape index (κ1) is 20.6. The van der Waals surface area contributed by atoms with Crippen LogP contribution in [0.25, 0.3) is 0 Å². The molecule has 1 N–H and O–H groups in total. The van der Waals surface area contributed by atoms with Crippen LogP contribution >= 0.6 is 12.6 Å². The number of thiol groups is 1. The smallest absolute Gasteiger partial charge is 0.266 e. The van der Waals surface area contributed by atoms with Crippen molar-refractivity contribution in [3.05, 3.63) is 64.2 Å². The van der Waals surface area contributed by atoms with Gasteiger partial charge < -0.3 is 19.7 Å². The molecular weight excluding hydrogens is 386 g/mol. The maximum absolute atomic E-state index is 12.5. The SMILES string of the molecule is COc1cc([C@@H]2NC(=O)C(C#N)=C(S)N2c2ccccc2C)ccc1OC(C)C. The number of ether oxygens (including phenoxy) is 2. The average Bonchev–Trinajstić information content (AvgIpc) is 2.69. The number of amides is 1. The third-order valence-electron chi connectivity index (χ3n) is 4.56. The molecule has 1 aliphatic rings. The average molecular weight is 410 g/mol. The van der Waals surface area contributed by atoms with Crippen LogP contribution in [-0.4, -0.2) is 19.1 Å². The van der Waals surface area contributed by atoms with Crippen molar-refractivity contribution in [3.8, 4) is 17.6 Å². The van der Waals surface area contributed by atoms with Crippen LogP contribution < -0.4 is 19.7 Å². The molecular formula is C22H23N3O3S. The summed E-state index contributed by atoms with van der Waals surface area (Å²) in [6.45, 7) is 5.85. The molecule has 0 radical (unpaired) electrons. The highest BCUT2D eigenvalue weighted by molar-refractivity contribution is 7.84. The first-order chi connectivity index (χ1) is 13.9. The van der Waals surface area contributed by atoms with E-state index in [-0.39, 0.29) is 11.7 Å². The minimum Gasteiger partial charge on any atom is -0.493 e. The lowest BCUT2D eigenvalue weighted by molar-refractivity contribution is -0.118. The number of nitrogens with zero attached hydrogens (tertiary/aromatic N) is 2. The van der Waals surface area contributed by atoms with Gasteiger partial charge in [0.05, 0.1) is 18.2 Å². The highest BCUT2D eigenvalue weighted by Crippen LogP contribution is 2.39. The van der Waals surface area contributed by atoms with E-state index in [1.807, 2.05) is 74.2 Å². The summed E-state index contributed by atoms with van der Waals surface area (Å²) in [5.74, 6) is 0.718. The third kappa shape index (κ3) is 4.03. The Morgan fingerprint density at radius 1 is 1.21 bits per heavy atom. The summed E-state index contributed by atoms with van der Waals surface area (Å²) < 4.78 is 11.3. The number of carbonyl (C=O) groups is 1. The zero-order valence-corrected chi connectivity index (χ0v) is 17.7. The summed E-state index contributed by atoms with van der Waals surface area (Å²) in [7, 11) is 1.57. The Morgan fingerprint density at radius 3 is 2.55 bits per heavy atom. The fourth-order valence-electron chi connectivity index (χ4n) is 3.23. The van der Waals surface area contributed by atoms with Gasteiger partial charge in [-0.25, -0.2) is 0 Å². The number of nitriles is 1. The lowest BCUT2D eigenvalue weighted by Crippen LogP contribution is -2.46. The lowest BCUT2D eigenvalue weighted by atomic mass is 10.0. The van der Waals surface area contributed by atoms with E-state index >= 15 is 0 Å². The van der Waals surface area contributed by atoms with Crippen LogP contribution in [0.2, 0.25) is 0 Å². The van der Waals surface area contributed by atoms with Gasteiger partial charge in [0.25, 0.3) is 5.91 Å². The van der Waals surface area contributed by atoms with Gasteiger partial charge >= 0.3 is 0 Å². The second kappa shape index (κ2) is 8.50. The fraction of sp³-hybridized carbons (Fsp3) is 0.273. The Labute approximate surface area is 176 Å². The standard InChI is InChI=1S/C22H23N3O3S/c1-13(2)28-18-10-9-15(11-19(18)27-4)20-24-21(26)16(12-23)22(29)25(20)17-8-6-5-7-14(17)3/h5-11,13,20,29H,1-4H3,(H,24,26)/t20-/m1/s1. The molecule has 6 nitrogen and oxygen atoms in total. The van der Waals surface area contributed by atoms with E-state index in [1.165, 1.54) is 0 Å². The lowest BCUT2D eigenvalue weighted by Gasteiger charge is -2.38. The summed E-state index contributed by atoms with van der Waals surface area (Å²) in [6, 6.07) is 15.2. The van der Waals surface area contributed by atoms with Crippen LogP contribution in [0.15, 0.2) is 53.1 Å². The fourth-order valence-corrected chi connectivity index (χ4v) is 3.61. The molecule has 1 amide bonds. The number of carbonyl (C=O) groups excluding carboxylic acids is 1. The monoisotopic (exact) mass is 409 g/mol. The van der Waals surface area contributed by atoms with Gasteiger partial charge in [-0.3, -0.25) is 4.79 Å². The zero-order chi connectivity index (χ0) is 21.1. The molecule has 150 valence electrons. The first-order valence-electron chi connectivity index (χ1n) is 9.21. The number of para-hydroxylation sites is 1. The molecule has 0 bridgehead atoms. The van der Waals surface area contributed by atoms with Crippen LogP contribution in [-0.2, 0) is 4.79 Å². The van der Waals surface area contributed by atoms with Gasteiger partial charge in [-0.15, -0.1) is 12.6 Å². The van der Waals surface area contributed by atoms with E-state index in [9.17, 15) is 10.1 Å². The van der Waals surface area contributed by atoms with E-state index in [4.69, 9.17) is 9.47 Å². The number of nitrogens with one attached hydrogen (secondary N) is 1. The van der Waals surface area contributed by atoms with E-state index in [2.05, 4.69) is 17.9 Å². The molecule has 0 spiro atoms. The van der Waals surface area contributed by atoms with Crippen LogP contribution in [0.3, 0.4) is 0 Å². The number of aryl methyl sites for hydroxylation is 1. The maximum atomic E-state index is 12.5. The quantitative estimate of drug-likeness (QED) is 0.728. The van der Waals surface area contributed by atoms with Crippen molar-refractivity contribution >= 4 is 24.2 Å². The summed E-state index contributed by atoms with van der Waals surface area (Å²) >= 11 is 4.54. The molecule has 29 heavy (non-hydrogen) atoms. The van der Waals surface area contributed by atoms with Crippen molar-refractivity contribution in [3.63, 3.8) is 0 Å². The van der Waals surface area contributed by atoms with Gasteiger partial charge in [-0.1, -0.05) is 24.3 Å². The normalized spacial score (nSPS) is 16.5. The van der Waals surface area contributed by atoms with Gasteiger partial charge in [0, 0.05) is 5.69 Å². The Balaban J connectivity index is 2.14. The highest BCUT2D eigenvalue weighted by Gasteiger charge is 2.35. The summed E-state index contributed by atoms with van der Waals surface area (Å²) in [5, 5.41) is 12.7. The van der Waals surface area contributed by atoms with Gasteiger partial charge in [0.2, 0.25) is 0 Å². The Hall–Kier alpha value is -3.11. The predicted molar refractivity (Wildman–Crippen MR) is 115 cm³/mol. The number of anilines is 1. The van der Waals surface area contributed by atoms with E-state index in [0.29, 0.717) is 16.5 Å². The number of hydrogen-bond acceptors (Lipinski definition) is 6. The van der Waals surface area contributed by atoms with Gasteiger partial charge in [0.1, 0.15) is 17.8 Å². The van der Waals surface area contributed by atoms with Crippen LogP contribution in [0, 0.1) is 18.3 Å². The summed E-state index contributed by atoms with van der Waals surface area (Å²) in [5.41, 5.74) is 2.58. The van der Waals surface area contributed by atoms with Gasteiger partial charge in [0.15, 0.2) is 11.5 Å². The molecule has 1 aliphatic heterocycles. The molecule has 0 saturated heterocycles. The highest BCUT2D eigenvalue weighted by atomic mass is 32.1. The van der Waals surface area contributed by atoms with E-state index < -0.39 is 12.1 Å². The minimum absolute atomic E-state index is 0.00207.